The third-order valence-electron chi connectivity index (χ3n) is 1.03. The van der Waals surface area contributed by atoms with Crippen molar-refractivity contribution in [2.75, 3.05) is 0 Å². The maximum absolute atomic E-state index is 10.3. The Labute approximate surface area is 94.1 Å². The first-order valence-electron chi connectivity index (χ1n) is 2.67. The molecule has 0 aliphatic carbocycles. The van der Waals surface area contributed by atoms with Gasteiger partial charge in [-0.25, -0.2) is 9.59 Å². The van der Waals surface area contributed by atoms with E-state index in [4.69, 9.17) is 10.2 Å². The fourth-order valence-corrected chi connectivity index (χ4v) is 1.25. The number of hydrogen-bond acceptors (Lipinski definition) is 3. The zero-order valence-electron chi connectivity index (χ0n) is 5.27. The number of aromatic carboxylic acids is 2. The molecule has 0 amide bonds. The summed E-state index contributed by atoms with van der Waals surface area (Å²) in [6.07, 6.45) is 0. The maximum atomic E-state index is 10.3. The van der Waals surface area contributed by atoms with Crippen LogP contribution in [-0.4, -0.2) is 51.7 Å². The summed E-state index contributed by atoms with van der Waals surface area (Å²) < 4.78 is 0. The number of rotatable bonds is 2. The molecule has 60 valence electrons. The molecule has 0 aliphatic rings. The zero-order valence-corrected chi connectivity index (χ0v) is 6.09. The van der Waals surface area contributed by atoms with Gasteiger partial charge in [0.25, 0.3) is 0 Å². The Kier molecular flexibility index (Phi) is 4.47. The SMILES string of the molecule is O=C(O)c1ccc(C(=O)O)s1.[NaH]. The molecule has 0 unspecified atom stereocenters. The van der Waals surface area contributed by atoms with E-state index < -0.39 is 11.9 Å². The summed E-state index contributed by atoms with van der Waals surface area (Å²) in [6, 6.07) is 2.55. The molecule has 0 aromatic carbocycles. The predicted octanol–water partition coefficient (Wildman–Crippen LogP) is 0.496. The summed E-state index contributed by atoms with van der Waals surface area (Å²) in [6.45, 7) is 0. The van der Waals surface area contributed by atoms with Crippen LogP contribution in [0.15, 0.2) is 12.1 Å². The number of carbonyl (C=O) groups is 2. The fourth-order valence-electron chi connectivity index (χ4n) is 0.568. The Morgan fingerprint density at radius 1 is 1.08 bits per heavy atom. The van der Waals surface area contributed by atoms with E-state index in [0.717, 1.165) is 11.3 Å². The normalized spacial score (nSPS) is 8.67. The third-order valence-corrected chi connectivity index (χ3v) is 2.09. The Bertz CT molecular complexity index is 278. The van der Waals surface area contributed by atoms with Gasteiger partial charge in [0.05, 0.1) is 0 Å². The average molecular weight is 196 g/mol. The minimum absolute atomic E-state index is 0. The van der Waals surface area contributed by atoms with Crippen LogP contribution in [0.1, 0.15) is 19.3 Å². The Hall–Kier alpha value is -0.360. The van der Waals surface area contributed by atoms with Gasteiger partial charge in [-0.15, -0.1) is 11.3 Å². The standard InChI is InChI=1S/C6H4O4S.Na.H/c7-5(8)3-1-2-4(11-3)6(9)10;;/h1-2H,(H,7,8)(H,9,10);;. The molecule has 0 bridgehead atoms. The molecule has 0 aliphatic heterocycles. The van der Waals surface area contributed by atoms with Crippen LogP contribution in [0.5, 0.6) is 0 Å². The van der Waals surface area contributed by atoms with Crippen LogP contribution in [-0.2, 0) is 0 Å². The molecule has 1 heterocycles. The second-order valence-electron chi connectivity index (χ2n) is 1.77. The number of carboxylic acid groups (broad SMARTS) is 2. The monoisotopic (exact) mass is 196 g/mol. The predicted molar refractivity (Wildman–Crippen MR) is 45.4 cm³/mol. The van der Waals surface area contributed by atoms with E-state index >= 15 is 0 Å². The second-order valence-corrected chi connectivity index (χ2v) is 2.86. The van der Waals surface area contributed by atoms with Crippen LogP contribution in [0.2, 0.25) is 0 Å². The van der Waals surface area contributed by atoms with Gasteiger partial charge in [-0.1, -0.05) is 0 Å². The van der Waals surface area contributed by atoms with Crippen LogP contribution in [0, 0.1) is 0 Å². The van der Waals surface area contributed by atoms with Gasteiger partial charge >= 0.3 is 41.5 Å². The molecule has 0 fully saturated rings. The number of carboxylic acids is 2. The summed E-state index contributed by atoms with van der Waals surface area (Å²) in [5.74, 6) is -2.19. The molecule has 1 aromatic heterocycles. The quantitative estimate of drug-likeness (QED) is 0.675. The first kappa shape index (κ1) is 11.6. The van der Waals surface area contributed by atoms with Gasteiger partial charge in [-0.2, -0.15) is 0 Å². The molecule has 1 aromatic rings. The number of thiophene rings is 1. The van der Waals surface area contributed by atoms with Crippen molar-refractivity contribution in [2.45, 2.75) is 0 Å². The molecular formula is C6H5NaO4S. The Balaban J connectivity index is 0.00000121. The summed E-state index contributed by atoms with van der Waals surface area (Å²) in [5, 5.41) is 16.8. The summed E-state index contributed by atoms with van der Waals surface area (Å²) in [4.78, 5) is 20.6. The van der Waals surface area contributed by atoms with Crippen molar-refractivity contribution in [3.05, 3.63) is 21.9 Å². The van der Waals surface area contributed by atoms with Crippen LogP contribution < -0.4 is 0 Å². The molecule has 0 saturated carbocycles. The molecule has 0 radical (unpaired) electrons. The van der Waals surface area contributed by atoms with Gasteiger partial charge < -0.3 is 10.2 Å². The molecule has 0 spiro atoms. The van der Waals surface area contributed by atoms with Crippen molar-refractivity contribution < 1.29 is 19.8 Å². The van der Waals surface area contributed by atoms with E-state index in [0.29, 0.717) is 0 Å². The zero-order chi connectivity index (χ0) is 8.43. The fraction of sp³-hybridized carbons (Fsp3) is 0. The first-order chi connectivity index (χ1) is 5.11. The van der Waals surface area contributed by atoms with E-state index in [1.807, 2.05) is 0 Å². The Morgan fingerprint density at radius 3 is 1.58 bits per heavy atom. The molecule has 12 heavy (non-hydrogen) atoms. The second kappa shape index (κ2) is 4.61. The Morgan fingerprint density at radius 2 is 1.42 bits per heavy atom. The van der Waals surface area contributed by atoms with Crippen LogP contribution in [0.25, 0.3) is 0 Å². The van der Waals surface area contributed by atoms with Crippen LogP contribution in [0.4, 0.5) is 0 Å². The van der Waals surface area contributed by atoms with Gasteiger partial charge in [0.1, 0.15) is 9.75 Å². The molecule has 4 nitrogen and oxygen atoms in total. The van der Waals surface area contributed by atoms with E-state index in [2.05, 4.69) is 0 Å². The van der Waals surface area contributed by atoms with Crippen molar-refractivity contribution in [1.82, 2.24) is 0 Å². The van der Waals surface area contributed by atoms with Crippen molar-refractivity contribution in [2.24, 2.45) is 0 Å². The van der Waals surface area contributed by atoms with Crippen molar-refractivity contribution in [3.63, 3.8) is 0 Å². The molecule has 1 rings (SSSR count). The minimum atomic E-state index is -1.09. The van der Waals surface area contributed by atoms with Gasteiger partial charge in [0.2, 0.25) is 0 Å². The third kappa shape index (κ3) is 2.60. The van der Waals surface area contributed by atoms with Gasteiger partial charge in [0, 0.05) is 0 Å². The molecule has 6 heteroatoms. The van der Waals surface area contributed by atoms with Gasteiger partial charge in [-0.05, 0) is 12.1 Å². The average Bonchev–Trinajstić information content (AvgIpc) is 2.33. The van der Waals surface area contributed by atoms with Crippen molar-refractivity contribution in [3.8, 4) is 0 Å². The van der Waals surface area contributed by atoms with Gasteiger partial charge in [-0.3, -0.25) is 0 Å². The molecule has 2 N–H and O–H groups in total. The summed E-state index contributed by atoms with van der Waals surface area (Å²) >= 11 is 0.750. The van der Waals surface area contributed by atoms with Crippen LogP contribution in [0.3, 0.4) is 0 Å². The molecular weight excluding hydrogens is 191 g/mol. The summed E-state index contributed by atoms with van der Waals surface area (Å²) in [7, 11) is 0. The van der Waals surface area contributed by atoms with E-state index in [9.17, 15) is 9.59 Å². The summed E-state index contributed by atoms with van der Waals surface area (Å²) in [5.41, 5.74) is 0. The van der Waals surface area contributed by atoms with E-state index in [1.54, 1.807) is 0 Å². The van der Waals surface area contributed by atoms with Crippen LogP contribution >= 0.6 is 11.3 Å². The van der Waals surface area contributed by atoms with Crippen molar-refractivity contribution in [1.29, 1.82) is 0 Å². The van der Waals surface area contributed by atoms with Gasteiger partial charge in [0.15, 0.2) is 0 Å². The molecule has 0 saturated heterocycles. The van der Waals surface area contributed by atoms with E-state index in [1.165, 1.54) is 12.1 Å². The first-order valence-corrected chi connectivity index (χ1v) is 3.49. The molecule has 0 atom stereocenters. The van der Waals surface area contributed by atoms with E-state index in [-0.39, 0.29) is 39.3 Å². The van der Waals surface area contributed by atoms with Crippen molar-refractivity contribution >= 4 is 52.8 Å². The number of hydrogen-bond donors (Lipinski definition) is 2. The topological polar surface area (TPSA) is 74.6 Å².